The molecule has 0 unspecified atom stereocenters. The third-order valence-corrected chi connectivity index (χ3v) is 3.05. The highest BCUT2D eigenvalue weighted by Gasteiger charge is 2.03. The number of sulfonamides is 1. The molecule has 0 atom stereocenters. The van der Waals surface area contributed by atoms with Gasteiger partial charge in [-0.05, 0) is 12.1 Å². The summed E-state index contributed by atoms with van der Waals surface area (Å²) in [4.78, 5) is 4.24. The van der Waals surface area contributed by atoms with E-state index in [1.165, 1.54) is 0 Å². The molecule has 1 aromatic carbocycles. The average molecular weight is 266 g/mol. The maximum atomic E-state index is 10.9. The Morgan fingerprint density at radius 2 is 2.06 bits per heavy atom. The van der Waals surface area contributed by atoms with Gasteiger partial charge >= 0.3 is 0 Å². The van der Waals surface area contributed by atoms with Crippen LogP contribution in [-0.4, -0.2) is 32.8 Å². The lowest BCUT2D eigenvalue weighted by atomic mass is 10.2. The number of para-hydroxylation sites is 1. The fourth-order valence-corrected chi connectivity index (χ4v) is 2.03. The van der Waals surface area contributed by atoms with Gasteiger partial charge in [-0.2, -0.15) is 0 Å². The summed E-state index contributed by atoms with van der Waals surface area (Å²) in [7, 11) is -3.17. The first-order chi connectivity index (χ1) is 8.56. The smallest absolute Gasteiger partial charge is 0.208 e. The monoisotopic (exact) mass is 266 g/mol. The predicted molar refractivity (Wildman–Crippen MR) is 70.1 cm³/mol. The van der Waals surface area contributed by atoms with E-state index in [0.29, 0.717) is 5.75 Å². The fourth-order valence-electron chi connectivity index (χ4n) is 1.58. The van der Waals surface area contributed by atoms with Gasteiger partial charge in [-0.3, -0.25) is 4.98 Å². The number of hydrogen-bond acceptors (Lipinski definition) is 4. The Balaban J connectivity index is 2.04. The SMILES string of the molecule is CS(=O)(=O)NCCOc1cccc2cccnc12. The minimum atomic E-state index is -3.17. The largest absolute Gasteiger partial charge is 0.490 e. The van der Waals surface area contributed by atoms with E-state index in [2.05, 4.69) is 9.71 Å². The number of aromatic nitrogens is 1. The van der Waals surface area contributed by atoms with Crippen LogP contribution in [0.4, 0.5) is 0 Å². The third-order valence-electron chi connectivity index (χ3n) is 2.32. The summed E-state index contributed by atoms with van der Waals surface area (Å²) in [5.41, 5.74) is 0.777. The molecule has 0 aliphatic carbocycles. The molecule has 0 fully saturated rings. The molecule has 1 N–H and O–H groups in total. The molecule has 6 heteroatoms. The molecule has 1 aromatic heterocycles. The number of hydrogen-bond donors (Lipinski definition) is 1. The zero-order chi connectivity index (χ0) is 13.0. The highest BCUT2D eigenvalue weighted by atomic mass is 32.2. The summed E-state index contributed by atoms with van der Waals surface area (Å²) < 4.78 is 29.6. The first-order valence-corrected chi connectivity index (χ1v) is 7.36. The molecule has 0 amide bonds. The number of pyridine rings is 1. The molecule has 0 aliphatic rings. The van der Waals surface area contributed by atoms with E-state index in [-0.39, 0.29) is 13.2 Å². The van der Waals surface area contributed by atoms with Gasteiger partial charge in [0.15, 0.2) is 0 Å². The molecule has 0 saturated heterocycles. The molecular formula is C12H14N2O3S. The van der Waals surface area contributed by atoms with Gasteiger partial charge in [0.05, 0.1) is 6.26 Å². The Morgan fingerprint density at radius 3 is 2.83 bits per heavy atom. The highest BCUT2D eigenvalue weighted by molar-refractivity contribution is 7.88. The minimum Gasteiger partial charge on any atom is -0.490 e. The summed E-state index contributed by atoms with van der Waals surface area (Å²) in [6.07, 6.45) is 2.82. The van der Waals surface area contributed by atoms with Gasteiger partial charge in [-0.15, -0.1) is 0 Å². The summed E-state index contributed by atoms with van der Waals surface area (Å²) >= 11 is 0. The van der Waals surface area contributed by atoms with Crippen molar-refractivity contribution in [1.82, 2.24) is 9.71 Å². The topological polar surface area (TPSA) is 68.3 Å². The van der Waals surface area contributed by atoms with Gasteiger partial charge in [-0.1, -0.05) is 18.2 Å². The van der Waals surface area contributed by atoms with Crippen molar-refractivity contribution in [3.63, 3.8) is 0 Å². The summed E-state index contributed by atoms with van der Waals surface area (Å²) in [5, 5.41) is 0.992. The fraction of sp³-hybridized carbons (Fsp3) is 0.250. The maximum Gasteiger partial charge on any atom is 0.208 e. The second-order valence-corrected chi connectivity index (χ2v) is 5.68. The minimum absolute atomic E-state index is 0.238. The summed E-state index contributed by atoms with van der Waals surface area (Å²) in [6, 6.07) is 9.45. The molecule has 0 radical (unpaired) electrons. The quantitative estimate of drug-likeness (QED) is 0.825. The van der Waals surface area contributed by atoms with Crippen molar-refractivity contribution in [2.24, 2.45) is 0 Å². The van der Waals surface area contributed by atoms with E-state index >= 15 is 0 Å². The van der Waals surface area contributed by atoms with Crippen molar-refractivity contribution in [2.75, 3.05) is 19.4 Å². The number of fused-ring (bicyclic) bond motifs is 1. The highest BCUT2D eigenvalue weighted by Crippen LogP contribution is 2.22. The lowest BCUT2D eigenvalue weighted by Crippen LogP contribution is -2.26. The van der Waals surface area contributed by atoms with Gasteiger partial charge in [0.25, 0.3) is 0 Å². The Bertz CT molecular complexity index is 635. The first-order valence-electron chi connectivity index (χ1n) is 5.47. The number of rotatable bonds is 5. The molecule has 2 aromatic rings. The number of ether oxygens (including phenoxy) is 1. The van der Waals surface area contributed by atoms with Crippen molar-refractivity contribution < 1.29 is 13.2 Å². The van der Waals surface area contributed by atoms with Crippen LogP contribution in [0.15, 0.2) is 36.5 Å². The second kappa shape index (κ2) is 5.32. The van der Waals surface area contributed by atoms with Crippen LogP contribution >= 0.6 is 0 Å². The van der Waals surface area contributed by atoms with E-state index in [0.717, 1.165) is 17.2 Å². The van der Waals surface area contributed by atoms with E-state index in [1.54, 1.807) is 6.20 Å². The van der Waals surface area contributed by atoms with E-state index in [4.69, 9.17) is 4.74 Å². The third kappa shape index (κ3) is 3.41. The van der Waals surface area contributed by atoms with Gasteiger partial charge in [0.2, 0.25) is 10.0 Å². The summed E-state index contributed by atoms with van der Waals surface area (Å²) in [6.45, 7) is 0.505. The number of nitrogens with zero attached hydrogens (tertiary/aromatic N) is 1. The standard InChI is InChI=1S/C12H14N2O3S/c1-18(15,16)14-8-9-17-11-6-2-4-10-5-3-7-13-12(10)11/h2-7,14H,8-9H2,1H3. The first kappa shape index (κ1) is 12.8. The van der Waals surface area contributed by atoms with E-state index in [1.807, 2.05) is 30.3 Å². The lowest BCUT2D eigenvalue weighted by molar-refractivity contribution is 0.326. The van der Waals surface area contributed by atoms with Crippen LogP contribution in [0.2, 0.25) is 0 Å². The number of benzene rings is 1. The van der Waals surface area contributed by atoms with Crippen molar-refractivity contribution in [2.45, 2.75) is 0 Å². The molecule has 0 aliphatic heterocycles. The van der Waals surface area contributed by atoms with Crippen molar-refractivity contribution in [1.29, 1.82) is 0 Å². The molecule has 18 heavy (non-hydrogen) atoms. The zero-order valence-electron chi connectivity index (χ0n) is 9.96. The molecule has 96 valence electrons. The maximum absolute atomic E-state index is 10.9. The predicted octanol–water partition coefficient (Wildman–Crippen LogP) is 1.16. The Kier molecular flexibility index (Phi) is 3.78. The normalized spacial score (nSPS) is 11.6. The van der Waals surface area contributed by atoms with Gasteiger partial charge in [0, 0.05) is 18.1 Å². The molecule has 0 saturated carbocycles. The molecule has 0 bridgehead atoms. The second-order valence-electron chi connectivity index (χ2n) is 3.85. The summed E-state index contributed by atoms with van der Waals surface area (Å²) in [5.74, 6) is 0.656. The zero-order valence-corrected chi connectivity index (χ0v) is 10.8. The van der Waals surface area contributed by atoms with Crippen LogP contribution in [-0.2, 0) is 10.0 Å². The molecule has 5 nitrogen and oxygen atoms in total. The van der Waals surface area contributed by atoms with Crippen molar-refractivity contribution in [3.8, 4) is 5.75 Å². The van der Waals surface area contributed by atoms with Crippen LogP contribution < -0.4 is 9.46 Å². The van der Waals surface area contributed by atoms with Crippen molar-refractivity contribution >= 4 is 20.9 Å². The van der Waals surface area contributed by atoms with Crippen LogP contribution in [0.25, 0.3) is 10.9 Å². The van der Waals surface area contributed by atoms with Crippen LogP contribution in [0.3, 0.4) is 0 Å². The van der Waals surface area contributed by atoms with Crippen LogP contribution in [0.5, 0.6) is 5.75 Å². The van der Waals surface area contributed by atoms with Crippen LogP contribution in [0, 0.1) is 0 Å². The molecular weight excluding hydrogens is 252 g/mol. The number of nitrogens with one attached hydrogen (secondary N) is 1. The average Bonchev–Trinajstić information content (AvgIpc) is 2.33. The molecule has 2 rings (SSSR count). The molecule has 0 spiro atoms. The Morgan fingerprint density at radius 1 is 1.28 bits per heavy atom. The van der Waals surface area contributed by atoms with Gasteiger partial charge < -0.3 is 4.74 Å². The molecule has 1 heterocycles. The van der Waals surface area contributed by atoms with Crippen LogP contribution in [0.1, 0.15) is 0 Å². The van der Waals surface area contributed by atoms with Crippen molar-refractivity contribution in [3.05, 3.63) is 36.5 Å². The van der Waals surface area contributed by atoms with Gasteiger partial charge in [-0.25, -0.2) is 13.1 Å². The lowest BCUT2D eigenvalue weighted by Gasteiger charge is -2.08. The Hall–Kier alpha value is -1.66. The van der Waals surface area contributed by atoms with E-state index in [9.17, 15) is 8.42 Å². The van der Waals surface area contributed by atoms with Gasteiger partial charge in [0.1, 0.15) is 17.9 Å². The Labute approximate surface area is 106 Å². The van der Waals surface area contributed by atoms with E-state index < -0.39 is 10.0 Å².